The van der Waals surface area contributed by atoms with E-state index in [9.17, 15) is 9.18 Å². The first-order chi connectivity index (χ1) is 11.6. The molecule has 0 atom stereocenters. The van der Waals surface area contributed by atoms with Gasteiger partial charge in [0.1, 0.15) is 10.8 Å². The van der Waals surface area contributed by atoms with Gasteiger partial charge in [0.15, 0.2) is 0 Å². The summed E-state index contributed by atoms with van der Waals surface area (Å²) in [6, 6.07) is 8.02. The molecule has 0 N–H and O–H groups in total. The van der Waals surface area contributed by atoms with Crippen molar-refractivity contribution >= 4 is 16.3 Å². The Hall–Kier alpha value is -2.12. The Balaban J connectivity index is 1.81. The van der Waals surface area contributed by atoms with Crippen LogP contribution in [0, 0.1) is 5.82 Å². The third-order valence-corrected chi connectivity index (χ3v) is 4.85. The Kier molecular flexibility index (Phi) is 5.01. The van der Waals surface area contributed by atoms with Crippen molar-refractivity contribution in [1.82, 2.24) is 19.5 Å². The van der Waals surface area contributed by atoms with E-state index in [1.54, 1.807) is 18.2 Å². The zero-order valence-electron chi connectivity index (χ0n) is 13.7. The van der Waals surface area contributed by atoms with Gasteiger partial charge in [-0.2, -0.15) is 9.61 Å². The molecule has 7 heteroatoms. The molecule has 126 valence electrons. The van der Waals surface area contributed by atoms with E-state index in [1.807, 2.05) is 6.92 Å². The Bertz CT molecular complexity index is 888. The molecular formula is C17H19FN4OS. The third kappa shape index (κ3) is 3.68. The lowest BCUT2D eigenvalue weighted by atomic mass is 10.2. The number of fused-ring (bicyclic) bond motifs is 1. The molecule has 0 aliphatic carbocycles. The van der Waals surface area contributed by atoms with Gasteiger partial charge in [-0.25, -0.2) is 9.37 Å². The molecule has 3 rings (SSSR count). The summed E-state index contributed by atoms with van der Waals surface area (Å²) in [5, 5.41) is 5.16. The van der Waals surface area contributed by atoms with Gasteiger partial charge in [-0.15, -0.1) is 0 Å². The van der Waals surface area contributed by atoms with E-state index >= 15 is 0 Å². The summed E-state index contributed by atoms with van der Waals surface area (Å²) in [5.41, 5.74) is 1.61. The molecule has 0 saturated heterocycles. The smallest absolute Gasteiger partial charge is 0.275 e. The van der Waals surface area contributed by atoms with Gasteiger partial charge >= 0.3 is 0 Å². The van der Waals surface area contributed by atoms with Crippen molar-refractivity contribution < 1.29 is 4.39 Å². The Morgan fingerprint density at radius 2 is 1.96 bits per heavy atom. The molecule has 2 aromatic heterocycles. The molecule has 0 aliphatic heterocycles. The standard InChI is InChI=1S/C17H19FN4OS/c1-3-15-20-22-16(23)9-14(19-17(22)24-15)11-21(4-2)10-12-5-7-13(18)8-6-12/h5-9H,3-4,10-11H2,1-2H3. The van der Waals surface area contributed by atoms with Crippen LogP contribution in [0.2, 0.25) is 0 Å². The van der Waals surface area contributed by atoms with Crippen molar-refractivity contribution in [3.63, 3.8) is 0 Å². The molecule has 0 amide bonds. The SMILES string of the molecule is CCc1nn2c(=O)cc(CN(CC)Cc3ccc(F)cc3)nc2s1. The number of halogens is 1. The van der Waals surface area contributed by atoms with Crippen molar-refractivity contribution in [2.45, 2.75) is 33.4 Å². The normalized spacial score (nSPS) is 11.5. The Labute approximate surface area is 143 Å². The fourth-order valence-corrected chi connectivity index (χ4v) is 3.33. The van der Waals surface area contributed by atoms with Crippen LogP contribution in [0.25, 0.3) is 4.96 Å². The molecule has 3 aromatic rings. The number of benzene rings is 1. The van der Waals surface area contributed by atoms with Crippen molar-refractivity contribution in [2.24, 2.45) is 0 Å². The monoisotopic (exact) mass is 346 g/mol. The van der Waals surface area contributed by atoms with Crippen LogP contribution < -0.4 is 5.56 Å². The van der Waals surface area contributed by atoms with E-state index in [0.717, 1.165) is 29.2 Å². The van der Waals surface area contributed by atoms with Gasteiger partial charge in [-0.3, -0.25) is 9.69 Å². The van der Waals surface area contributed by atoms with Crippen LogP contribution in [0.4, 0.5) is 4.39 Å². The third-order valence-electron chi connectivity index (χ3n) is 3.79. The van der Waals surface area contributed by atoms with Crippen molar-refractivity contribution in [3.05, 3.63) is 62.8 Å². The Morgan fingerprint density at radius 3 is 2.62 bits per heavy atom. The van der Waals surface area contributed by atoms with E-state index in [1.165, 1.54) is 28.0 Å². The molecule has 0 aliphatic rings. The van der Waals surface area contributed by atoms with Gasteiger partial charge in [0.25, 0.3) is 5.56 Å². The number of nitrogens with zero attached hydrogens (tertiary/aromatic N) is 4. The largest absolute Gasteiger partial charge is 0.294 e. The highest BCUT2D eigenvalue weighted by atomic mass is 32.1. The number of aryl methyl sites for hydroxylation is 1. The average molecular weight is 346 g/mol. The zero-order chi connectivity index (χ0) is 17.1. The average Bonchev–Trinajstić information content (AvgIpc) is 3.00. The molecule has 0 bridgehead atoms. The number of hydrogen-bond donors (Lipinski definition) is 0. The highest BCUT2D eigenvalue weighted by Crippen LogP contribution is 2.13. The first-order valence-corrected chi connectivity index (χ1v) is 8.76. The molecule has 0 saturated carbocycles. The van der Waals surface area contributed by atoms with Crippen LogP contribution in [-0.2, 0) is 19.5 Å². The number of aromatic nitrogens is 3. The summed E-state index contributed by atoms with van der Waals surface area (Å²) in [6.45, 7) is 6.11. The predicted octanol–water partition coefficient (Wildman–Crippen LogP) is 2.87. The fraction of sp³-hybridized carbons (Fsp3) is 0.353. The summed E-state index contributed by atoms with van der Waals surface area (Å²) in [6.07, 6.45) is 0.786. The molecule has 0 fully saturated rings. The quantitative estimate of drug-likeness (QED) is 0.689. The molecule has 0 unspecified atom stereocenters. The summed E-state index contributed by atoms with van der Waals surface area (Å²) in [5.74, 6) is -0.237. The second kappa shape index (κ2) is 7.19. The Morgan fingerprint density at radius 1 is 1.21 bits per heavy atom. The lowest BCUT2D eigenvalue weighted by Gasteiger charge is -2.19. The van der Waals surface area contributed by atoms with Crippen LogP contribution in [0.15, 0.2) is 35.1 Å². The molecule has 24 heavy (non-hydrogen) atoms. The maximum Gasteiger partial charge on any atom is 0.275 e. The highest BCUT2D eigenvalue weighted by molar-refractivity contribution is 7.16. The van der Waals surface area contributed by atoms with Gasteiger partial charge in [0, 0.05) is 19.2 Å². The zero-order valence-corrected chi connectivity index (χ0v) is 14.5. The van der Waals surface area contributed by atoms with E-state index in [2.05, 4.69) is 21.9 Å². The van der Waals surface area contributed by atoms with E-state index in [-0.39, 0.29) is 11.4 Å². The summed E-state index contributed by atoms with van der Waals surface area (Å²) in [7, 11) is 0. The first kappa shape index (κ1) is 16.7. The maximum absolute atomic E-state index is 13.0. The number of rotatable bonds is 6. The first-order valence-electron chi connectivity index (χ1n) is 7.94. The fourth-order valence-electron chi connectivity index (χ4n) is 2.48. The van der Waals surface area contributed by atoms with Gasteiger partial charge < -0.3 is 0 Å². The minimum absolute atomic E-state index is 0.149. The van der Waals surface area contributed by atoms with Gasteiger partial charge in [-0.1, -0.05) is 37.3 Å². The lowest BCUT2D eigenvalue weighted by molar-refractivity contribution is 0.268. The van der Waals surface area contributed by atoms with E-state index < -0.39 is 0 Å². The van der Waals surface area contributed by atoms with Crippen LogP contribution in [-0.4, -0.2) is 26.0 Å². The molecular weight excluding hydrogens is 327 g/mol. The van der Waals surface area contributed by atoms with Crippen LogP contribution >= 0.6 is 11.3 Å². The summed E-state index contributed by atoms with van der Waals surface area (Å²) >= 11 is 1.45. The van der Waals surface area contributed by atoms with Crippen molar-refractivity contribution in [1.29, 1.82) is 0 Å². The van der Waals surface area contributed by atoms with Crippen molar-refractivity contribution in [3.8, 4) is 0 Å². The molecule has 2 heterocycles. The van der Waals surface area contributed by atoms with Crippen LogP contribution in [0.5, 0.6) is 0 Å². The molecule has 0 spiro atoms. The predicted molar refractivity (Wildman–Crippen MR) is 92.7 cm³/mol. The van der Waals surface area contributed by atoms with Crippen LogP contribution in [0.1, 0.15) is 30.1 Å². The van der Waals surface area contributed by atoms with Gasteiger partial charge in [0.05, 0.1) is 5.69 Å². The second-order valence-electron chi connectivity index (χ2n) is 5.56. The molecule has 5 nitrogen and oxygen atoms in total. The topological polar surface area (TPSA) is 50.5 Å². The van der Waals surface area contributed by atoms with Crippen molar-refractivity contribution in [2.75, 3.05) is 6.54 Å². The van der Waals surface area contributed by atoms with Gasteiger partial charge in [-0.05, 0) is 30.7 Å². The lowest BCUT2D eigenvalue weighted by Crippen LogP contribution is -2.25. The van der Waals surface area contributed by atoms with Crippen LogP contribution in [0.3, 0.4) is 0 Å². The highest BCUT2D eigenvalue weighted by Gasteiger charge is 2.11. The number of hydrogen-bond acceptors (Lipinski definition) is 5. The minimum atomic E-state index is -0.237. The van der Waals surface area contributed by atoms with Gasteiger partial charge in [0.2, 0.25) is 4.96 Å². The maximum atomic E-state index is 13.0. The molecule has 1 aromatic carbocycles. The summed E-state index contributed by atoms with van der Waals surface area (Å²) in [4.78, 5) is 19.6. The molecule has 0 radical (unpaired) electrons. The second-order valence-corrected chi connectivity index (χ2v) is 6.60. The summed E-state index contributed by atoms with van der Waals surface area (Å²) < 4.78 is 14.4. The minimum Gasteiger partial charge on any atom is -0.294 e. The van der Waals surface area contributed by atoms with E-state index in [0.29, 0.717) is 18.1 Å². The van der Waals surface area contributed by atoms with E-state index in [4.69, 9.17) is 0 Å².